The summed E-state index contributed by atoms with van der Waals surface area (Å²) in [6.07, 6.45) is -23.9. The monoisotopic (exact) mass is 968 g/mol. The van der Waals surface area contributed by atoms with Gasteiger partial charge in [-0.15, -0.1) is 0 Å². The van der Waals surface area contributed by atoms with E-state index in [4.69, 9.17) is 0 Å². The van der Waals surface area contributed by atoms with Gasteiger partial charge in [-0.1, -0.05) is 24.3 Å². The van der Waals surface area contributed by atoms with Gasteiger partial charge in [0, 0.05) is 27.2 Å². The molecule has 0 fully saturated rings. The van der Waals surface area contributed by atoms with Crippen molar-refractivity contribution in [3.8, 4) is 0 Å². The Kier molecular flexibility index (Phi) is 11.1. The third-order valence-corrected chi connectivity index (χ3v) is 12.2. The number of rotatable bonds is 6. The largest absolute Gasteiger partial charge is 0.411 e. The molecule has 4 aromatic rings. The molecular formula is C44H28F12N4O8. The number of benzene rings is 4. The second-order valence-electron chi connectivity index (χ2n) is 15.6. The Bertz CT molecular complexity index is 2730. The van der Waals surface area contributed by atoms with Crippen molar-refractivity contribution in [3.63, 3.8) is 0 Å². The Morgan fingerprint density at radius 3 is 0.735 bits per heavy atom. The van der Waals surface area contributed by atoms with E-state index in [1.807, 2.05) is 0 Å². The van der Waals surface area contributed by atoms with Gasteiger partial charge < -0.3 is 0 Å². The molecule has 4 heterocycles. The van der Waals surface area contributed by atoms with E-state index in [0.29, 0.717) is 68.1 Å². The third-order valence-electron chi connectivity index (χ3n) is 12.2. The topological polar surface area (TPSA) is 150 Å². The predicted octanol–water partition coefficient (Wildman–Crippen LogP) is 7.88. The molecule has 68 heavy (non-hydrogen) atoms. The molecule has 4 aliphatic rings. The van der Waals surface area contributed by atoms with E-state index in [1.165, 1.54) is 13.8 Å². The van der Waals surface area contributed by atoms with Gasteiger partial charge in [0.2, 0.25) is 10.8 Å². The maximum atomic E-state index is 14.5. The van der Waals surface area contributed by atoms with Gasteiger partial charge in [-0.25, -0.2) is 0 Å². The van der Waals surface area contributed by atoms with Gasteiger partial charge in [-0.2, -0.15) is 52.7 Å². The fourth-order valence-corrected chi connectivity index (χ4v) is 8.78. The van der Waals surface area contributed by atoms with E-state index in [1.54, 1.807) is 0 Å². The van der Waals surface area contributed by atoms with Crippen molar-refractivity contribution in [1.82, 2.24) is 19.6 Å². The number of alkyl halides is 12. The van der Waals surface area contributed by atoms with Gasteiger partial charge in [0.1, 0.15) is 0 Å². The number of carbonyl (C=O) groups is 8. The maximum Gasteiger partial charge on any atom is 0.411 e. The molecule has 0 aliphatic carbocycles. The molecule has 0 saturated carbocycles. The molecule has 0 radical (unpaired) electrons. The van der Waals surface area contributed by atoms with Crippen molar-refractivity contribution in [3.05, 3.63) is 140 Å². The Labute approximate surface area is 373 Å². The molecule has 356 valence electrons. The SMILES string of the molecule is CCN1C(=O)c2ccc(C(c3ccc4c(c3)C(=O)N(C)C4=O)(C(F)(F)F)C(F)(F)F)cc2C1=O.CCN1C(=O)c2ccc(C(c3ccc4c(c3)C(=O)N(C)C4=O)(C(F)(F)F)C(F)(F)F)cc2C1=O. The summed E-state index contributed by atoms with van der Waals surface area (Å²) in [5, 5.41) is 0. The molecule has 4 aromatic carbocycles. The standard InChI is InChI=1S/2C22H14F6N2O4/c2*1-3-30-18(33)13-7-5-11(9-15(13)19(30)34)20(21(23,24)25,22(26,27)28)10-4-6-12-14(8-10)17(32)29(2)16(12)31/h2*4-9H,3H2,1-2H3. The highest BCUT2D eigenvalue weighted by molar-refractivity contribution is 6.23. The molecule has 0 spiro atoms. The minimum absolute atomic E-state index is 0.125. The summed E-state index contributed by atoms with van der Waals surface area (Å²) >= 11 is 0. The van der Waals surface area contributed by atoms with Crippen molar-refractivity contribution in [2.24, 2.45) is 0 Å². The molecule has 0 bridgehead atoms. The Hall–Kier alpha value is -7.40. The van der Waals surface area contributed by atoms with E-state index in [-0.39, 0.29) is 35.3 Å². The fourth-order valence-electron chi connectivity index (χ4n) is 8.78. The molecule has 12 nitrogen and oxygen atoms in total. The molecule has 0 saturated heterocycles. The first-order valence-electron chi connectivity index (χ1n) is 19.6. The zero-order chi connectivity index (χ0) is 50.8. The first-order chi connectivity index (χ1) is 31.4. The number of carbonyl (C=O) groups excluding carboxylic acids is 8. The molecule has 0 unspecified atom stereocenters. The lowest BCUT2D eigenvalue weighted by molar-refractivity contribution is -0.290. The van der Waals surface area contributed by atoms with E-state index in [0.717, 1.165) is 38.4 Å². The zero-order valence-electron chi connectivity index (χ0n) is 34.9. The van der Waals surface area contributed by atoms with Crippen LogP contribution in [-0.2, 0) is 10.8 Å². The highest BCUT2D eigenvalue weighted by Crippen LogP contribution is 2.58. The smallest absolute Gasteiger partial charge is 0.277 e. The quantitative estimate of drug-likeness (QED) is 0.140. The summed E-state index contributed by atoms with van der Waals surface area (Å²) in [6.45, 7) is 2.61. The summed E-state index contributed by atoms with van der Waals surface area (Å²) < 4.78 is 174. The van der Waals surface area contributed by atoms with E-state index in [9.17, 15) is 91.0 Å². The molecule has 8 rings (SSSR count). The van der Waals surface area contributed by atoms with Crippen LogP contribution in [0.3, 0.4) is 0 Å². The first kappa shape index (κ1) is 48.5. The molecule has 24 heteroatoms. The molecular weight excluding hydrogens is 940 g/mol. The highest BCUT2D eigenvalue weighted by Gasteiger charge is 2.74. The van der Waals surface area contributed by atoms with E-state index < -0.39 is 127 Å². The van der Waals surface area contributed by atoms with Crippen molar-refractivity contribution in [2.45, 2.75) is 49.4 Å². The van der Waals surface area contributed by atoms with Gasteiger partial charge in [0.05, 0.1) is 44.5 Å². The normalized spacial score (nSPS) is 16.5. The number of nitrogens with zero attached hydrogens (tertiary/aromatic N) is 4. The molecule has 4 aliphatic heterocycles. The second-order valence-corrected chi connectivity index (χ2v) is 15.6. The van der Waals surface area contributed by atoms with Crippen LogP contribution in [0.4, 0.5) is 52.7 Å². The van der Waals surface area contributed by atoms with Crippen LogP contribution in [0.25, 0.3) is 0 Å². The van der Waals surface area contributed by atoms with Crippen LogP contribution in [-0.4, -0.2) is 119 Å². The number of fused-ring (bicyclic) bond motifs is 4. The number of halogens is 12. The lowest BCUT2D eigenvalue weighted by Gasteiger charge is -2.38. The molecule has 8 amide bonds. The van der Waals surface area contributed by atoms with Crippen molar-refractivity contribution in [1.29, 1.82) is 0 Å². The van der Waals surface area contributed by atoms with Crippen LogP contribution in [0.15, 0.2) is 72.8 Å². The fraction of sp³-hybridized carbons (Fsp3) is 0.273. The van der Waals surface area contributed by atoms with Crippen molar-refractivity contribution in [2.75, 3.05) is 27.2 Å². The molecule has 0 N–H and O–H groups in total. The Morgan fingerprint density at radius 1 is 0.324 bits per heavy atom. The predicted molar refractivity (Wildman–Crippen MR) is 206 cm³/mol. The third kappa shape index (κ3) is 6.53. The summed E-state index contributed by atoms with van der Waals surface area (Å²) in [5.41, 5.74) is -18.4. The van der Waals surface area contributed by atoms with Gasteiger partial charge in [0.15, 0.2) is 0 Å². The van der Waals surface area contributed by atoms with Crippen LogP contribution in [0.5, 0.6) is 0 Å². The number of imide groups is 4. The summed E-state index contributed by atoms with van der Waals surface area (Å²) in [6, 6.07) is 6.58. The van der Waals surface area contributed by atoms with Gasteiger partial charge in [-0.05, 0) is 84.6 Å². The first-order valence-corrected chi connectivity index (χ1v) is 19.6. The van der Waals surface area contributed by atoms with Gasteiger partial charge >= 0.3 is 24.7 Å². The van der Waals surface area contributed by atoms with Crippen LogP contribution >= 0.6 is 0 Å². The average molecular weight is 969 g/mol. The average Bonchev–Trinajstić information content (AvgIpc) is 3.81. The maximum absolute atomic E-state index is 14.5. The van der Waals surface area contributed by atoms with Crippen molar-refractivity contribution >= 4 is 47.3 Å². The molecule has 0 atom stereocenters. The lowest BCUT2D eigenvalue weighted by Crippen LogP contribution is -2.55. The van der Waals surface area contributed by atoms with Crippen LogP contribution < -0.4 is 0 Å². The Morgan fingerprint density at radius 2 is 0.515 bits per heavy atom. The summed E-state index contributed by atoms with van der Waals surface area (Å²) in [7, 11) is 2.10. The number of amides is 8. The molecule has 0 aromatic heterocycles. The minimum Gasteiger partial charge on any atom is -0.277 e. The van der Waals surface area contributed by atoms with Crippen molar-refractivity contribution < 1.29 is 91.0 Å². The zero-order valence-corrected chi connectivity index (χ0v) is 34.9. The van der Waals surface area contributed by atoms with Crippen LogP contribution in [0.1, 0.15) is 119 Å². The summed E-state index contributed by atoms with van der Waals surface area (Å²) in [5.74, 6) is -7.51. The van der Waals surface area contributed by atoms with E-state index >= 15 is 0 Å². The van der Waals surface area contributed by atoms with Crippen LogP contribution in [0, 0.1) is 0 Å². The minimum atomic E-state index is -5.98. The second kappa shape index (κ2) is 15.6. The summed E-state index contributed by atoms with van der Waals surface area (Å²) in [4.78, 5) is 101. The Balaban J connectivity index is 0.000000201. The number of hydrogen-bond acceptors (Lipinski definition) is 8. The van der Waals surface area contributed by atoms with Crippen LogP contribution in [0.2, 0.25) is 0 Å². The van der Waals surface area contributed by atoms with Gasteiger partial charge in [0.25, 0.3) is 47.3 Å². The highest BCUT2D eigenvalue weighted by atomic mass is 19.4. The van der Waals surface area contributed by atoms with Gasteiger partial charge in [-0.3, -0.25) is 58.0 Å². The lowest BCUT2D eigenvalue weighted by atomic mass is 9.71. The van der Waals surface area contributed by atoms with E-state index in [2.05, 4.69) is 0 Å². The number of hydrogen-bond donors (Lipinski definition) is 0.